The first-order valence-electron chi connectivity index (χ1n) is 8.67. The number of hydrogen-bond acceptors (Lipinski definition) is 4. The molecular formula is C17H28N4. The second-order valence-electron chi connectivity index (χ2n) is 6.56. The van der Waals surface area contributed by atoms with Gasteiger partial charge in [-0.3, -0.25) is 0 Å². The number of anilines is 1. The van der Waals surface area contributed by atoms with Crippen LogP contribution in [-0.2, 0) is 0 Å². The molecule has 2 heterocycles. The standard InChI is InChI=1S/C17H28N4/c1-2-5-15(6-3-1)7-12-18-16-8-13-21(14-9-16)17-19-10-4-11-20-17/h4,10-11,15-16,18H,1-3,5-9,12-14H2. The Kier molecular flexibility index (Phi) is 5.44. The Labute approximate surface area is 128 Å². The maximum Gasteiger partial charge on any atom is 0.225 e. The van der Waals surface area contributed by atoms with E-state index in [1.54, 1.807) is 0 Å². The Balaban J connectivity index is 1.34. The van der Waals surface area contributed by atoms with E-state index in [2.05, 4.69) is 20.2 Å². The molecule has 0 aromatic carbocycles. The van der Waals surface area contributed by atoms with Crippen molar-refractivity contribution in [2.24, 2.45) is 5.92 Å². The predicted molar refractivity (Wildman–Crippen MR) is 86.5 cm³/mol. The van der Waals surface area contributed by atoms with Crippen LogP contribution < -0.4 is 10.2 Å². The molecule has 0 amide bonds. The summed E-state index contributed by atoms with van der Waals surface area (Å²) in [7, 11) is 0. The molecule has 1 aromatic heterocycles. The highest BCUT2D eigenvalue weighted by Crippen LogP contribution is 2.26. The highest BCUT2D eigenvalue weighted by molar-refractivity contribution is 5.29. The van der Waals surface area contributed by atoms with Crippen LogP contribution in [0.3, 0.4) is 0 Å². The molecule has 2 aliphatic rings. The lowest BCUT2D eigenvalue weighted by molar-refractivity contribution is 0.319. The summed E-state index contributed by atoms with van der Waals surface area (Å²) in [6.45, 7) is 3.35. The zero-order valence-corrected chi connectivity index (χ0v) is 13.0. The SMILES string of the molecule is c1cnc(N2CCC(NCCC3CCCCC3)CC2)nc1. The summed E-state index contributed by atoms with van der Waals surface area (Å²) in [5.41, 5.74) is 0. The van der Waals surface area contributed by atoms with Gasteiger partial charge in [0.2, 0.25) is 5.95 Å². The smallest absolute Gasteiger partial charge is 0.225 e. The van der Waals surface area contributed by atoms with Crippen LogP contribution in [0.4, 0.5) is 5.95 Å². The summed E-state index contributed by atoms with van der Waals surface area (Å²) in [5.74, 6) is 1.88. The van der Waals surface area contributed by atoms with Gasteiger partial charge in [-0.05, 0) is 37.8 Å². The van der Waals surface area contributed by atoms with Gasteiger partial charge >= 0.3 is 0 Å². The molecule has 0 atom stereocenters. The summed E-state index contributed by atoms with van der Waals surface area (Å²) in [6, 6.07) is 2.57. The fourth-order valence-electron chi connectivity index (χ4n) is 3.71. The largest absolute Gasteiger partial charge is 0.341 e. The van der Waals surface area contributed by atoms with Crippen molar-refractivity contribution in [3.05, 3.63) is 18.5 Å². The molecule has 1 saturated heterocycles. The van der Waals surface area contributed by atoms with Crippen molar-refractivity contribution < 1.29 is 0 Å². The molecule has 1 aliphatic carbocycles. The molecule has 0 radical (unpaired) electrons. The minimum Gasteiger partial charge on any atom is -0.341 e. The Hall–Kier alpha value is -1.16. The van der Waals surface area contributed by atoms with E-state index in [1.807, 2.05) is 18.5 Å². The second-order valence-corrected chi connectivity index (χ2v) is 6.56. The average molecular weight is 288 g/mol. The van der Waals surface area contributed by atoms with Gasteiger partial charge in [-0.15, -0.1) is 0 Å². The van der Waals surface area contributed by atoms with E-state index in [4.69, 9.17) is 0 Å². The maximum absolute atomic E-state index is 4.35. The Bertz CT molecular complexity index is 395. The van der Waals surface area contributed by atoms with Crippen molar-refractivity contribution >= 4 is 5.95 Å². The van der Waals surface area contributed by atoms with E-state index >= 15 is 0 Å². The fourth-order valence-corrected chi connectivity index (χ4v) is 3.71. The van der Waals surface area contributed by atoms with E-state index in [0.717, 1.165) is 25.0 Å². The van der Waals surface area contributed by atoms with Crippen molar-refractivity contribution in [3.8, 4) is 0 Å². The summed E-state index contributed by atoms with van der Waals surface area (Å²) in [4.78, 5) is 11.0. The van der Waals surface area contributed by atoms with Gasteiger partial charge in [-0.1, -0.05) is 32.1 Å². The number of hydrogen-bond donors (Lipinski definition) is 1. The Morgan fingerprint density at radius 3 is 2.43 bits per heavy atom. The van der Waals surface area contributed by atoms with E-state index in [9.17, 15) is 0 Å². The number of nitrogens with one attached hydrogen (secondary N) is 1. The molecule has 0 bridgehead atoms. The van der Waals surface area contributed by atoms with Crippen LogP contribution in [0.5, 0.6) is 0 Å². The first kappa shape index (κ1) is 14.8. The van der Waals surface area contributed by atoms with Crippen molar-refractivity contribution in [2.45, 2.75) is 57.4 Å². The maximum atomic E-state index is 4.35. The molecule has 116 valence electrons. The van der Waals surface area contributed by atoms with E-state index in [1.165, 1.54) is 57.9 Å². The van der Waals surface area contributed by atoms with Crippen LogP contribution in [0.1, 0.15) is 51.4 Å². The highest BCUT2D eigenvalue weighted by Gasteiger charge is 2.20. The van der Waals surface area contributed by atoms with Crippen molar-refractivity contribution in [1.29, 1.82) is 0 Å². The van der Waals surface area contributed by atoms with Gasteiger partial charge in [0, 0.05) is 31.5 Å². The van der Waals surface area contributed by atoms with Gasteiger partial charge in [0.1, 0.15) is 0 Å². The lowest BCUT2D eigenvalue weighted by Crippen LogP contribution is -2.43. The average Bonchev–Trinajstić information content (AvgIpc) is 2.57. The summed E-state index contributed by atoms with van der Waals surface area (Å²) < 4.78 is 0. The number of piperidine rings is 1. The van der Waals surface area contributed by atoms with E-state index in [0.29, 0.717) is 6.04 Å². The van der Waals surface area contributed by atoms with Crippen molar-refractivity contribution in [1.82, 2.24) is 15.3 Å². The third-order valence-corrected chi connectivity index (χ3v) is 5.04. The van der Waals surface area contributed by atoms with Crippen LogP contribution in [0.2, 0.25) is 0 Å². The molecule has 2 fully saturated rings. The normalized spacial score (nSPS) is 21.6. The predicted octanol–water partition coefficient (Wildman–Crippen LogP) is 3.01. The first-order chi connectivity index (χ1) is 10.4. The molecule has 21 heavy (non-hydrogen) atoms. The van der Waals surface area contributed by atoms with E-state index < -0.39 is 0 Å². The van der Waals surface area contributed by atoms with Crippen LogP contribution in [-0.4, -0.2) is 35.6 Å². The van der Waals surface area contributed by atoms with Crippen LogP contribution >= 0.6 is 0 Å². The first-order valence-corrected chi connectivity index (χ1v) is 8.67. The molecule has 1 aliphatic heterocycles. The lowest BCUT2D eigenvalue weighted by atomic mass is 9.87. The van der Waals surface area contributed by atoms with Gasteiger partial charge in [0.05, 0.1) is 0 Å². The number of rotatable bonds is 5. The molecule has 1 aromatic rings. The van der Waals surface area contributed by atoms with Gasteiger partial charge in [0.15, 0.2) is 0 Å². The van der Waals surface area contributed by atoms with Crippen LogP contribution in [0.25, 0.3) is 0 Å². The topological polar surface area (TPSA) is 41.1 Å². The monoisotopic (exact) mass is 288 g/mol. The Morgan fingerprint density at radius 2 is 1.71 bits per heavy atom. The van der Waals surface area contributed by atoms with Crippen LogP contribution in [0.15, 0.2) is 18.5 Å². The van der Waals surface area contributed by atoms with Gasteiger partial charge < -0.3 is 10.2 Å². The van der Waals surface area contributed by atoms with Crippen molar-refractivity contribution in [3.63, 3.8) is 0 Å². The Morgan fingerprint density at radius 1 is 1.00 bits per heavy atom. The molecule has 3 rings (SSSR count). The van der Waals surface area contributed by atoms with E-state index in [-0.39, 0.29) is 0 Å². The molecule has 1 saturated carbocycles. The molecule has 0 spiro atoms. The lowest BCUT2D eigenvalue weighted by Gasteiger charge is -2.32. The summed E-state index contributed by atoms with van der Waals surface area (Å²) in [6.07, 6.45) is 14.8. The molecule has 4 nitrogen and oxygen atoms in total. The molecule has 0 unspecified atom stereocenters. The summed E-state index contributed by atoms with van der Waals surface area (Å²) in [5, 5.41) is 3.77. The van der Waals surface area contributed by atoms with Gasteiger partial charge in [-0.25, -0.2) is 9.97 Å². The number of aromatic nitrogens is 2. The quantitative estimate of drug-likeness (QED) is 0.904. The van der Waals surface area contributed by atoms with Crippen molar-refractivity contribution in [2.75, 3.05) is 24.5 Å². The zero-order chi connectivity index (χ0) is 14.3. The van der Waals surface area contributed by atoms with Crippen LogP contribution in [0, 0.1) is 5.92 Å². The minimum atomic E-state index is 0.688. The van der Waals surface area contributed by atoms with Gasteiger partial charge in [0.25, 0.3) is 0 Å². The summed E-state index contributed by atoms with van der Waals surface area (Å²) >= 11 is 0. The molecular weight excluding hydrogens is 260 g/mol. The number of nitrogens with zero attached hydrogens (tertiary/aromatic N) is 3. The minimum absolute atomic E-state index is 0.688. The fraction of sp³-hybridized carbons (Fsp3) is 0.765. The zero-order valence-electron chi connectivity index (χ0n) is 13.0. The highest BCUT2D eigenvalue weighted by atomic mass is 15.3. The molecule has 4 heteroatoms. The molecule has 1 N–H and O–H groups in total. The second kappa shape index (κ2) is 7.74. The third-order valence-electron chi connectivity index (χ3n) is 5.04. The third kappa shape index (κ3) is 4.40. The van der Waals surface area contributed by atoms with Gasteiger partial charge in [-0.2, -0.15) is 0 Å².